The molecule has 0 saturated carbocycles. The predicted molar refractivity (Wildman–Crippen MR) is 52.3 cm³/mol. The summed E-state index contributed by atoms with van der Waals surface area (Å²) in [6.07, 6.45) is 6.22. The number of amidine groups is 1. The van der Waals surface area contributed by atoms with Crippen LogP contribution < -0.4 is 0 Å². The van der Waals surface area contributed by atoms with Crippen molar-refractivity contribution < 1.29 is 0 Å². The largest absolute Gasteiger partial charge is 0.342 e. The number of allylic oxidation sites excluding steroid dienone is 1. The second-order valence-electron chi connectivity index (χ2n) is 3.51. The third-order valence-electron chi connectivity index (χ3n) is 2.79. The van der Waals surface area contributed by atoms with Crippen LogP contribution in [0.25, 0.3) is 0 Å². The highest BCUT2D eigenvalue weighted by Gasteiger charge is 2.35. The van der Waals surface area contributed by atoms with Gasteiger partial charge in [-0.05, 0) is 19.3 Å². The molecule has 12 heavy (non-hydrogen) atoms. The molecule has 2 aliphatic heterocycles. The van der Waals surface area contributed by atoms with Crippen molar-refractivity contribution in [3.63, 3.8) is 0 Å². The quantitative estimate of drug-likeness (QED) is 0.565. The molecule has 0 aromatic rings. The molecule has 2 nitrogen and oxygen atoms in total. The van der Waals surface area contributed by atoms with Crippen molar-refractivity contribution in [2.75, 3.05) is 12.3 Å². The van der Waals surface area contributed by atoms with Crippen LogP contribution in [0.15, 0.2) is 16.8 Å². The van der Waals surface area contributed by atoms with Gasteiger partial charge in [-0.25, -0.2) is 4.99 Å². The highest BCUT2D eigenvalue weighted by atomic mass is 32.2. The SMILES string of the molecule is C1=C2N=C3SCCN3C2CCC1. The summed E-state index contributed by atoms with van der Waals surface area (Å²) in [5.41, 5.74) is 1.35. The molecule has 3 aliphatic rings. The van der Waals surface area contributed by atoms with Crippen molar-refractivity contribution in [1.82, 2.24) is 4.90 Å². The molecule has 2 heterocycles. The number of nitrogens with zero attached hydrogens (tertiary/aromatic N) is 2. The lowest BCUT2D eigenvalue weighted by Gasteiger charge is -2.24. The van der Waals surface area contributed by atoms with Crippen molar-refractivity contribution in [1.29, 1.82) is 0 Å². The van der Waals surface area contributed by atoms with Crippen molar-refractivity contribution in [3.05, 3.63) is 11.8 Å². The second-order valence-corrected chi connectivity index (χ2v) is 4.57. The zero-order chi connectivity index (χ0) is 7.97. The first-order valence-corrected chi connectivity index (χ1v) is 5.62. The second kappa shape index (κ2) is 2.52. The highest BCUT2D eigenvalue weighted by molar-refractivity contribution is 8.14. The van der Waals surface area contributed by atoms with E-state index < -0.39 is 0 Å². The van der Waals surface area contributed by atoms with Crippen molar-refractivity contribution >= 4 is 16.9 Å². The van der Waals surface area contributed by atoms with Gasteiger partial charge in [-0.2, -0.15) is 0 Å². The Hall–Kier alpha value is -0.440. The van der Waals surface area contributed by atoms with E-state index in [9.17, 15) is 0 Å². The lowest BCUT2D eigenvalue weighted by molar-refractivity contribution is 0.362. The summed E-state index contributed by atoms with van der Waals surface area (Å²) in [5.74, 6) is 1.24. The van der Waals surface area contributed by atoms with Gasteiger partial charge in [0.25, 0.3) is 0 Å². The molecule has 1 atom stereocenters. The molecule has 1 fully saturated rings. The van der Waals surface area contributed by atoms with Gasteiger partial charge in [-0.15, -0.1) is 0 Å². The molecule has 0 bridgehead atoms. The van der Waals surface area contributed by atoms with E-state index in [1.54, 1.807) is 0 Å². The number of thioether (sulfide) groups is 1. The fourth-order valence-corrected chi connectivity index (χ4v) is 3.22. The first kappa shape index (κ1) is 7.01. The van der Waals surface area contributed by atoms with E-state index in [1.165, 1.54) is 42.4 Å². The Labute approximate surface area is 76.7 Å². The maximum atomic E-state index is 4.64. The maximum Gasteiger partial charge on any atom is 0.164 e. The van der Waals surface area contributed by atoms with Crippen LogP contribution in [0.3, 0.4) is 0 Å². The normalized spacial score (nSPS) is 32.7. The van der Waals surface area contributed by atoms with E-state index in [-0.39, 0.29) is 0 Å². The molecule has 3 heteroatoms. The molecule has 0 aromatic heterocycles. The smallest absolute Gasteiger partial charge is 0.164 e. The third-order valence-corrected chi connectivity index (χ3v) is 3.76. The summed E-state index contributed by atoms with van der Waals surface area (Å²) in [6.45, 7) is 1.21. The average Bonchev–Trinajstić information content (AvgIpc) is 2.62. The molecule has 3 rings (SSSR count). The topological polar surface area (TPSA) is 15.6 Å². The minimum atomic E-state index is 0.656. The molecule has 1 saturated heterocycles. The minimum Gasteiger partial charge on any atom is -0.342 e. The van der Waals surface area contributed by atoms with Crippen molar-refractivity contribution in [2.45, 2.75) is 25.3 Å². The summed E-state index contributed by atoms with van der Waals surface area (Å²) in [5, 5.41) is 1.29. The summed E-state index contributed by atoms with van der Waals surface area (Å²) >= 11 is 1.91. The van der Waals surface area contributed by atoms with Crippen molar-refractivity contribution in [3.8, 4) is 0 Å². The third kappa shape index (κ3) is 0.859. The Bertz CT molecular complexity index is 270. The van der Waals surface area contributed by atoms with Crippen molar-refractivity contribution in [2.24, 2.45) is 4.99 Å². The molecule has 0 aromatic carbocycles. The van der Waals surface area contributed by atoms with Crippen LogP contribution in [0, 0.1) is 0 Å². The average molecular weight is 180 g/mol. The number of hydrogen-bond donors (Lipinski definition) is 0. The van der Waals surface area contributed by atoms with Gasteiger partial charge in [-0.1, -0.05) is 17.8 Å². The molecule has 1 aliphatic carbocycles. The van der Waals surface area contributed by atoms with Crippen LogP contribution in [0.1, 0.15) is 19.3 Å². The van der Waals surface area contributed by atoms with Crippen LogP contribution in [-0.2, 0) is 0 Å². The highest BCUT2D eigenvalue weighted by Crippen LogP contribution is 2.36. The zero-order valence-corrected chi connectivity index (χ0v) is 7.81. The van der Waals surface area contributed by atoms with Crippen LogP contribution >= 0.6 is 11.8 Å². The molecule has 0 spiro atoms. The number of hydrogen-bond acceptors (Lipinski definition) is 3. The van der Waals surface area contributed by atoms with Crippen LogP contribution in [-0.4, -0.2) is 28.4 Å². The summed E-state index contributed by atoms with van der Waals surface area (Å²) in [4.78, 5) is 7.12. The molecule has 64 valence electrons. The Morgan fingerprint density at radius 2 is 2.58 bits per heavy atom. The van der Waals surface area contributed by atoms with Gasteiger partial charge in [0, 0.05) is 12.3 Å². The molecular formula is C9H12N2S. The lowest BCUT2D eigenvalue weighted by atomic mass is 9.99. The molecule has 0 amide bonds. The van der Waals surface area contributed by atoms with Gasteiger partial charge in [0.1, 0.15) is 0 Å². The zero-order valence-electron chi connectivity index (χ0n) is 6.99. The summed E-state index contributed by atoms with van der Waals surface area (Å²) in [6, 6.07) is 0.656. The van der Waals surface area contributed by atoms with E-state index in [4.69, 9.17) is 0 Å². The van der Waals surface area contributed by atoms with E-state index in [0.717, 1.165) is 0 Å². The van der Waals surface area contributed by atoms with E-state index in [2.05, 4.69) is 16.0 Å². The minimum absolute atomic E-state index is 0.656. The van der Waals surface area contributed by atoms with Crippen LogP contribution in [0.2, 0.25) is 0 Å². The standard InChI is InChI=1S/C9H12N2S/c1-2-4-8-7(3-1)10-9-11(8)5-6-12-9/h3,8H,1-2,4-6H2. The Kier molecular flexibility index (Phi) is 1.47. The summed E-state index contributed by atoms with van der Waals surface area (Å²) in [7, 11) is 0. The van der Waals surface area contributed by atoms with Crippen LogP contribution in [0.4, 0.5) is 0 Å². The monoisotopic (exact) mass is 180 g/mol. The Morgan fingerprint density at radius 1 is 1.58 bits per heavy atom. The molecule has 1 unspecified atom stereocenters. The van der Waals surface area contributed by atoms with Crippen LogP contribution in [0.5, 0.6) is 0 Å². The van der Waals surface area contributed by atoms with Gasteiger partial charge < -0.3 is 4.90 Å². The Morgan fingerprint density at radius 3 is 3.58 bits per heavy atom. The number of rotatable bonds is 0. The lowest BCUT2D eigenvalue weighted by Crippen LogP contribution is -2.32. The molecular weight excluding hydrogens is 168 g/mol. The van der Waals surface area contributed by atoms with E-state index in [1.807, 2.05) is 11.8 Å². The summed E-state index contributed by atoms with van der Waals surface area (Å²) < 4.78 is 0. The fraction of sp³-hybridized carbons (Fsp3) is 0.667. The maximum absolute atomic E-state index is 4.64. The van der Waals surface area contributed by atoms with E-state index in [0.29, 0.717) is 6.04 Å². The predicted octanol–water partition coefficient (Wildman–Crippen LogP) is 1.84. The first-order valence-electron chi connectivity index (χ1n) is 4.63. The van der Waals surface area contributed by atoms with E-state index >= 15 is 0 Å². The molecule has 0 radical (unpaired) electrons. The fourth-order valence-electron chi connectivity index (χ4n) is 2.19. The van der Waals surface area contributed by atoms with Gasteiger partial charge in [0.2, 0.25) is 0 Å². The number of aliphatic imine (C=N–C) groups is 1. The van der Waals surface area contributed by atoms with Gasteiger partial charge in [-0.3, -0.25) is 0 Å². The van der Waals surface area contributed by atoms with Gasteiger partial charge in [0.15, 0.2) is 5.17 Å². The molecule has 0 N–H and O–H groups in total. The Balaban J connectivity index is 1.98. The van der Waals surface area contributed by atoms with Gasteiger partial charge in [0.05, 0.1) is 11.7 Å². The first-order chi connectivity index (χ1) is 5.95. The number of fused-ring (bicyclic) bond motifs is 3. The van der Waals surface area contributed by atoms with Gasteiger partial charge >= 0.3 is 0 Å².